The zero-order valence-electron chi connectivity index (χ0n) is 9.45. The van der Waals surface area contributed by atoms with E-state index in [1.807, 2.05) is 13.8 Å². The van der Waals surface area contributed by atoms with Crippen LogP contribution in [0.1, 0.15) is 37.1 Å². The summed E-state index contributed by atoms with van der Waals surface area (Å²) in [6.45, 7) is 4.88. The number of nitrogens with one attached hydrogen (secondary N) is 1. The van der Waals surface area contributed by atoms with Crippen molar-refractivity contribution in [2.75, 3.05) is 11.9 Å². The molecule has 1 N–H and O–H groups in total. The van der Waals surface area contributed by atoms with Crippen LogP contribution in [0.3, 0.4) is 0 Å². The average molecular weight is 206 g/mol. The highest BCUT2D eigenvalue weighted by Crippen LogP contribution is 2.24. The maximum absolute atomic E-state index is 4.35. The van der Waals surface area contributed by atoms with Crippen LogP contribution in [0.2, 0.25) is 0 Å². The number of nitrogens with zero attached hydrogens (tertiary/aromatic N) is 3. The Balaban J connectivity index is 1.90. The SMILES string of the molecule is Cc1nnc(NCC2CCCC2)nc1C. The number of anilines is 1. The van der Waals surface area contributed by atoms with E-state index in [9.17, 15) is 0 Å². The van der Waals surface area contributed by atoms with Gasteiger partial charge in [-0.2, -0.15) is 5.10 Å². The van der Waals surface area contributed by atoms with Crippen molar-refractivity contribution >= 4 is 5.95 Å². The summed E-state index contributed by atoms with van der Waals surface area (Å²) in [5.74, 6) is 1.47. The second-order valence-electron chi connectivity index (χ2n) is 4.34. The lowest BCUT2D eigenvalue weighted by Gasteiger charge is -2.10. The van der Waals surface area contributed by atoms with E-state index in [4.69, 9.17) is 0 Å². The minimum Gasteiger partial charge on any atom is -0.353 e. The van der Waals surface area contributed by atoms with Gasteiger partial charge in [0.1, 0.15) is 0 Å². The van der Waals surface area contributed by atoms with Gasteiger partial charge in [0, 0.05) is 6.54 Å². The molecule has 0 aliphatic heterocycles. The molecule has 82 valence electrons. The molecule has 1 saturated carbocycles. The fraction of sp³-hybridized carbons (Fsp3) is 0.727. The summed E-state index contributed by atoms with van der Waals surface area (Å²) in [5, 5.41) is 11.3. The topological polar surface area (TPSA) is 50.7 Å². The third kappa shape index (κ3) is 2.64. The first-order valence-electron chi connectivity index (χ1n) is 5.67. The zero-order valence-corrected chi connectivity index (χ0v) is 9.45. The van der Waals surface area contributed by atoms with Crippen molar-refractivity contribution in [3.05, 3.63) is 11.4 Å². The van der Waals surface area contributed by atoms with Gasteiger partial charge >= 0.3 is 0 Å². The number of aromatic nitrogens is 3. The molecule has 15 heavy (non-hydrogen) atoms. The summed E-state index contributed by atoms with van der Waals surface area (Å²) in [6.07, 6.45) is 5.42. The van der Waals surface area contributed by atoms with Crippen LogP contribution in [0.15, 0.2) is 0 Å². The van der Waals surface area contributed by atoms with Gasteiger partial charge in [-0.3, -0.25) is 0 Å². The molecule has 1 aromatic heterocycles. The van der Waals surface area contributed by atoms with Crippen molar-refractivity contribution in [3.8, 4) is 0 Å². The largest absolute Gasteiger partial charge is 0.353 e. The Morgan fingerprint density at radius 2 is 1.87 bits per heavy atom. The van der Waals surface area contributed by atoms with Crippen molar-refractivity contribution in [2.24, 2.45) is 5.92 Å². The molecule has 0 radical (unpaired) electrons. The van der Waals surface area contributed by atoms with E-state index in [-0.39, 0.29) is 0 Å². The maximum Gasteiger partial charge on any atom is 0.242 e. The molecule has 0 spiro atoms. The highest BCUT2D eigenvalue weighted by atomic mass is 15.2. The average Bonchev–Trinajstić information content (AvgIpc) is 2.73. The van der Waals surface area contributed by atoms with Crippen molar-refractivity contribution in [2.45, 2.75) is 39.5 Å². The Bertz CT molecular complexity index is 331. The summed E-state index contributed by atoms with van der Waals surface area (Å²) in [5.41, 5.74) is 1.86. The minimum atomic E-state index is 0.671. The Morgan fingerprint density at radius 1 is 1.13 bits per heavy atom. The van der Waals surface area contributed by atoms with Crippen molar-refractivity contribution in [1.82, 2.24) is 15.2 Å². The monoisotopic (exact) mass is 206 g/mol. The molecule has 1 aromatic rings. The third-order valence-corrected chi connectivity index (χ3v) is 3.12. The Labute approximate surface area is 90.5 Å². The first-order valence-corrected chi connectivity index (χ1v) is 5.67. The van der Waals surface area contributed by atoms with Crippen LogP contribution in [-0.4, -0.2) is 21.7 Å². The van der Waals surface area contributed by atoms with Crippen LogP contribution in [-0.2, 0) is 0 Å². The van der Waals surface area contributed by atoms with Gasteiger partial charge in [0.2, 0.25) is 5.95 Å². The number of aryl methyl sites for hydroxylation is 2. The Morgan fingerprint density at radius 3 is 2.53 bits per heavy atom. The van der Waals surface area contributed by atoms with E-state index in [1.165, 1.54) is 25.7 Å². The van der Waals surface area contributed by atoms with E-state index in [0.29, 0.717) is 5.95 Å². The van der Waals surface area contributed by atoms with Gasteiger partial charge in [-0.25, -0.2) is 4.98 Å². The van der Waals surface area contributed by atoms with Crippen LogP contribution in [0.25, 0.3) is 0 Å². The highest BCUT2D eigenvalue weighted by Gasteiger charge is 2.14. The Hall–Kier alpha value is -1.19. The van der Waals surface area contributed by atoms with Gasteiger partial charge in [-0.05, 0) is 32.6 Å². The van der Waals surface area contributed by atoms with Gasteiger partial charge in [-0.1, -0.05) is 12.8 Å². The second-order valence-corrected chi connectivity index (χ2v) is 4.34. The zero-order chi connectivity index (χ0) is 10.7. The Kier molecular flexibility index (Phi) is 3.14. The van der Waals surface area contributed by atoms with E-state index in [0.717, 1.165) is 23.9 Å². The molecule has 0 bridgehead atoms. The molecule has 1 aliphatic carbocycles. The van der Waals surface area contributed by atoms with Crippen LogP contribution in [0.4, 0.5) is 5.95 Å². The van der Waals surface area contributed by atoms with Crippen molar-refractivity contribution in [1.29, 1.82) is 0 Å². The normalized spacial score (nSPS) is 16.9. The molecule has 4 nitrogen and oxygen atoms in total. The molecule has 0 amide bonds. The predicted octanol–water partition coefficient (Wildman–Crippen LogP) is 2.09. The molecule has 2 rings (SSSR count). The van der Waals surface area contributed by atoms with Gasteiger partial charge in [0.15, 0.2) is 0 Å². The fourth-order valence-corrected chi connectivity index (χ4v) is 1.98. The number of hydrogen-bond acceptors (Lipinski definition) is 4. The predicted molar refractivity (Wildman–Crippen MR) is 59.7 cm³/mol. The summed E-state index contributed by atoms with van der Waals surface area (Å²) in [6, 6.07) is 0. The van der Waals surface area contributed by atoms with Crippen molar-refractivity contribution < 1.29 is 0 Å². The molecule has 0 unspecified atom stereocenters. The standard InChI is InChI=1S/C11H18N4/c1-8-9(2)14-15-11(13-8)12-7-10-5-3-4-6-10/h10H,3-7H2,1-2H3,(H,12,13,15). The first kappa shape index (κ1) is 10.3. The maximum atomic E-state index is 4.35. The lowest BCUT2D eigenvalue weighted by molar-refractivity contribution is 0.576. The molecule has 0 aromatic carbocycles. The van der Waals surface area contributed by atoms with Gasteiger partial charge < -0.3 is 5.32 Å². The second kappa shape index (κ2) is 4.55. The van der Waals surface area contributed by atoms with E-state index < -0.39 is 0 Å². The smallest absolute Gasteiger partial charge is 0.242 e. The molecule has 1 heterocycles. The molecule has 0 atom stereocenters. The third-order valence-electron chi connectivity index (χ3n) is 3.12. The van der Waals surface area contributed by atoms with Gasteiger partial charge in [0.25, 0.3) is 0 Å². The lowest BCUT2D eigenvalue weighted by atomic mass is 10.1. The van der Waals surface area contributed by atoms with Crippen LogP contribution >= 0.6 is 0 Å². The molecule has 1 fully saturated rings. The first-order chi connectivity index (χ1) is 7.25. The fourth-order valence-electron chi connectivity index (χ4n) is 1.98. The number of hydrogen-bond donors (Lipinski definition) is 1. The number of rotatable bonds is 3. The quantitative estimate of drug-likeness (QED) is 0.822. The lowest BCUT2D eigenvalue weighted by Crippen LogP contribution is -2.14. The molecular formula is C11H18N4. The molecular weight excluding hydrogens is 188 g/mol. The summed E-state index contributed by atoms with van der Waals surface area (Å²) in [4.78, 5) is 4.35. The van der Waals surface area contributed by atoms with Gasteiger partial charge in [-0.15, -0.1) is 5.10 Å². The molecule has 4 heteroatoms. The van der Waals surface area contributed by atoms with E-state index in [1.54, 1.807) is 0 Å². The van der Waals surface area contributed by atoms with Gasteiger partial charge in [0.05, 0.1) is 11.4 Å². The molecule has 1 aliphatic rings. The molecule has 0 saturated heterocycles. The summed E-state index contributed by atoms with van der Waals surface area (Å²) >= 11 is 0. The van der Waals surface area contributed by atoms with E-state index in [2.05, 4.69) is 20.5 Å². The van der Waals surface area contributed by atoms with E-state index >= 15 is 0 Å². The summed E-state index contributed by atoms with van der Waals surface area (Å²) in [7, 11) is 0. The van der Waals surface area contributed by atoms with Crippen LogP contribution in [0, 0.1) is 19.8 Å². The van der Waals surface area contributed by atoms with Crippen molar-refractivity contribution in [3.63, 3.8) is 0 Å². The summed E-state index contributed by atoms with van der Waals surface area (Å²) < 4.78 is 0. The highest BCUT2D eigenvalue weighted by molar-refractivity contribution is 5.24. The minimum absolute atomic E-state index is 0.671. The van der Waals surface area contributed by atoms with Crippen LogP contribution in [0.5, 0.6) is 0 Å². The van der Waals surface area contributed by atoms with Crippen LogP contribution < -0.4 is 5.32 Å².